The van der Waals surface area contributed by atoms with E-state index in [1.807, 2.05) is 25.9 Å². The third kappa shape index (κ3) is 4.91. The molecule has 2 N–H and O–H groups in total. The number of thioether (sulfide) groups is 1. The molecule has 30 heavy (non-hydrogen) atoms. The fraction of sp³-hybridized carbons (Fsp3) is 0.800. The van der Waals surface area contributed by atoms with Crippen molar-refractivity contribution in [1.29, 1.82) is 0 Å². The molecule has 0 radical (unpaired) electrons. The number of nitrogens with zero attached hydrogens (tertiary/aromatic N) is 3. The van der Waals surface area contributed by atoms with Gasteiger partial charge in [0.15, 0.2) is 0 Å². The minimum atomic E-state index is -0.743. The number of carbonyl (C=O) groups excluding carboxylic acids is 4. The zero-order valence-corrected chi connectivity index (χ0v) is 19.0. The summed E-state index contributed by atoms with van der Waals surface area (Å²) in [6.45, 7) is 5.68. The van der Waals surface area contributed by atoms with Crippen molar-refractivity contribution < 1.29 is 19.2 Å². The van der Waals surface area contributed by atoms with E-state index < -0.39 is 18.1 Å². The van der Waals surface area contributed by atoms with Gasteiger partial charge in [0.1, 0.15) is 18.1 Å². The molecule has 3 aliphatic heterocycles. The Balaban J connectivity index is 1.79. The van der Waals surface area contributed by atoms with Gasteiger partial charge in [-0.2, -0.15) is 0 Å². The first kappa shape index (κ1) is 22.9. The summed E-state index contributed by atoms with van der Waals surface area (Å²) in [6, 6.07) is -1.85. The van der Waals surface area contributed by atoms with E-state index in [4.69, 9.17) is 0 Å². The molecule has 0 saturated carbocycles. The van der Waals surface area contributed by atoms with Crippen LogP contribution in [0.15, 0.2) is 0 Å². The molecule has 0 aliphatic carbocycles. The minimum absolute atomic E-state index is 0.000815. The van der Waals surface area contributed by atoms with Crippen LogP contribution in [0.25, 0.3) is 0 Å². The van der Waals surface area contributed by atoms with Gasteiger partial charge in [-0.05, 0) is 47.2 Å². The van der Waals surface area contributed by atoms with Crippen LogP contribution in [0.5, 0.6) is 0 Å². The first-order chi connectivity index (χ1) is 14.2. The van der Waals surface area contributed by atoms with E-state index in [0.717, 1.165) is 6.42 Å². The highest BCUT2D eigenvalue weighted by atomic mass is 32.2. The Morgan fingerprint density at radius 2 is 1.93 bits per heavy atom. The number of likely N-dealkylation sites (N-methyl/N-ethyl adjacent to an activating group) is 1. The number of hydrogen-bond donors (Lipinski definition) is 2. The Labute approximate surface area is 182 Å². The average Bonchev–Trinajstić information content (AvgIpc) is 3.33. The van der Waals surface area contributed by atoms with E-state index in [-0.39, 0.29) is 34.1 Å². The molecule has 0 spiro atoms. The molecular weight excluding hydrogens is 406 g/mol. The minimum Gasteiger partial charge on any atom is -0.353 e. The number of hydrogen-bond acceptors (Lipinski definition) is 6. The molecule has 0 aromatic heterocycles. The summed E-state index contributed by atoms with van der Waals surface area (Å²) in [5.41, 5.74) is 0. The van der Waals surface area contributed by atoms with Crippen LogP contribution in [0.4, 0.5) is 0 Å². The van der Waals surface area contributed by atoms with Gasteiger partial charge in [0.2, 0.25) is 23.6 Å². The number of nitrogens with one attached hydrogen (secondary N) is 2. The fourth-order valence-electron chi connectivity index (χ4n) is 4.41. The normalized spacial score (nSPS) is 32.6. The Kier molecular flexibility index (Phi) is 7.28. The van der Waals surface area contributed by atoms with Crippen LogP contribution < -0.4 is 10.6 Å². The topological polar surface area (TPSA) is 102 Å². The third-order valence-electron chi connectivity index (χ3n) is 6.02. The molecule has 9 nitrogen and oxygen atoms in total. The molecule has 3 saturated heterocycles. The van der Waals surface area contributed by atoms with Crippen LogP contribution in [-0.4, -0.2) is 107 Å². The molecule has 0 aromatic rings. The number of carbonyl (C=O) groups is 4. The average molecular weight is 440 g/mol. The Morgan fingerprint density at radius 3 is 2.63 bits per heavy atom. The molecular formula is C20H33N5O4S. The predicted octanol–water partition coefficient (Wildman–Crippen LogP) is -0.735. The van der Waals surface area contributed by atoms with Crippen LogP contribution in [0.2, 0.25) is 0 Å². The van der Waals surface area contributed by atoms with Crippen LogP contribution in [0.1, 0.15) is 33.1 Å². The lowest BCUT2D eigenvalue weighted by atomic mass is 10.1. The highest BCUT2D eigenvalue weighted by Crippen LogP contribution is 2.33. The summed E-state index contributed by atoms with van der Waals surface area (Å²) in [5.74, 6) is -0.755. The Hall–Kier alpha value is -1.81. The Bertz CT molecular complexity index is 703. The standard InChI is InChI=1S/C20H33N5O4S/c1-12-19(28)25-11-14(10-16(25)17(26)21-7-9-23(3)4)30-13(2)20(29)24-8-5-6-15(24)18(27)22-12/h12-16H,5-11H2,1-4H3,(H,21,26)(H,22,27)/t12-,13-,14+,15+,16+/m1/s1. The molecule has 3 heterocycles. The van der Waals surface area contributed by atoms with Crippen LogP contribution in [0.3, 0.4) is 0 Å². The van der Waals surface area contributed by atoms with Gasteiger partial charge in [-0.1, -0.05) is 0 Å². The van der Waals surface area contributed by atoms with Gasteiger partial charge in [0.25, 0.3) is 0 Å². The van der Waals surface area contributed by atoms with Crippen LogP contribution in [0, 0.1) is 0 Å². The van der Waals surface area contributed by atoms with Crippen molar-refractivity contribution in [2.75, 3.05) is 40.3 Å². The molecule has 0 unspecified atom stereocenters. The van der Waals surface area contributed by atoms with Crippen molar-refractivity contribution in [3.8, 4) is 0 Å². The largest absolute Gasteiger partial charge is 0.353 e. The van der Waals surface area contributed by atoms with Crippen molar-refractivity contribution in [2.45, 2.75) is 61.7 Å². The van der Waals surface area contributed by atoms with E-state index in [2.05, 4.69) is 10.6 Å². The third-order valence-corrected chi connectivity index (χ3v) is 7.36. The molecule has 5 atom stereocenters. The van der Waals surface area contributed by atoms with E-state index >= 15 is 0 Å². The van der Waals surface area contributed by atoms with Crippen LogP contribution in [-0.2, 0) is 19.2 Å². The van der Waals surface area contributed by atoms with E-state index in [1.54, 1.807) is 16.7 Å². The predicted molar refractivity (Wildman–Crippen MR) is 115 cm³/mol. The molecule has 0 aromatic carbocycles. The quantitative estimate of drug-likeness (QED) is 0.599. The number of fused-ring (bicyclic) bond motifs is 3. The van der Waals surface area contributed by atoms with Crippen molar-refractivity contribution >= 4 is 35.4 Å². The second-order valence-electron chi connectivity index (χ2n) is 8.66. The summed E-state index contributed by atoms with van der Waals surface area (Å²) >= 11 is 1.51. The zero-order valence-electron chi connectivity index (χ0n) is 18.2. The van der Waals surface area contributed by atoms with Crippen molar-refractivity contribution in [3.63, 3.8) is 0 Å². The van der Waals surface area contributed by atoms with Crippen molar-refractivity contribution in [3.05, 3.63) is 0 Å². The van der Waals surface area contributed by atoms with Crippen molar-refractivity contribution in [1.82, 2.24) is 25.3 Å². The number of amides is 4. The van der Waals surface area contributed by atoms with Gasteiger partial charge >= 0.3 is 0 Å². The fourth-order valence-corrected chi connectivity index (χ4v) is 5.78. The molecule has 4 amide bonds. The Morgan fingerprint density at radius 1 is 1.20 bits per heavy atom. The van der Waals surface area contributed by atoms with E-state index in [9.17, 15) is 19.2 Å². The summed E-state index contributed by atoms with van der Waals surface area (Å²) in [5, 5.41) is 5.38. The molecule has 168 valence electrons. The maximum absolute atomic E-state index is 13.1. The van der Waals surface area contributed by atoms with Crippen molar-refractivity contribution in [2.24, 2.45) is 0 Å². The zero-order chi connectivity index (χ0) is 22.0. The second kappa shape index (κ2) is 9.55. The lowest BCUT2D eigenvalue weighted by Crippen LogP contribution is -2.56. The second-order valence-corrected chi connectivity index (χ2v) is 10.3. The van der Waals surface area contributed by atoms with Gasteiger partial charge in [0.05, 0.1) is 5.25 Å². The van der Waals surface area contributed by atoms with Gasteiger partial charge in [0, 0.05) is 31.4 Å². The lowest BCUT2D eigenvalue weighted by Gasteiger charge is -2.31. The van der Waals surface area contributed by atoms with Crippen LogP contribution >= 0.6 is 11.8 Å². The smallest absolute Gasteiger partial charge is 0.245 e. The number of rotatable bonds is 4. The maximum Gasteiger partial charge on any atom is 0.245 e. The van der Waals surface area contributed by atoms with Gasteiger partial charge < -0.3 is 25.3 Å². The molecule has 2 bridgehead atoms. The monoisotopic (exact) mass is 439 g/mol. The first-order valence-electron chi connectivity index (χ1n) is 10.7. The van der Waals surface area contributed by atoms with Gasteiger partial charge in [-0.15, -0.1) is 11.8 Å². The molecule has 3 fully saturated rings. The molecule has 3 aliphatic rings. The summed E-state index contributed by atoms with van der Waals surface area (Å²) in [7, 11) is 3.86. The van der Waals surface area contributed by atoms with Gasteiger partial charge in [-0.3, -0.25) is 19.2 Å². The SMILES string of the molecule is C[C@H]1NC(=O)[C@@H]2CCCN2C(=O)[C@@H](C)S[C@H]2C[C@@H](C(=O)NCCN(C)C)N(C2)C1=O. The van der Waals surface area contributed by atoms with Gasteiger partial charge in [-0.25, -0.2) is 0 Å². The molecule has 3 rings (SSSR count). The summed E-state index contributed by atoms with van der Waals surface area (Å²) < 4.78 is 0. The highest BCUT2D eigenvalue weighted by molar-refractivity contribution is 8.01. The highest BCUT2D eigenvalue weighted by Gasteiger charge is 2.45. The summed E-state index contributed by atoms with van der Waals surface area (Å²) in [6.07, 6.45) is 1.90. The van der Waals surface area contributed by atoms with E-state index in [0.29, 0.717) is 39.0 Å². The lowest BCUT2D eigenvalue weighted by molar-refractivity contribution is -0.142. The summed E-state index contributed by atoms with van der Waals surface area (Å²) in [4.78, 5) is 56.9. The van der Waals surface area contributed by atoms with E-state index in [1.165, 1.54) is 11.8 Å². The maximum atomic E-state index is 13.1. The first-order valence-corrected chi connectivity index (χ1v) is 11.6. The molecule has 10 heteroatoms.